The molecule has 0 aromatic heterocycles. The minimum Gasteiger partial charge on any atom is -0.478 e. The van der Waals surface area contributed by atoms with Crippen LogP contribution in [0.4, 0.5) is 4.79 Å². The lowest BCUT2D eigenvalue weighted by atomic mass is 10.1. The maximum absolute atomic E-state index is 12.6. The van der Waals surface area contributed by atoms with Crippen molar-refractivity contribution in [2.75, 3.05) is 6.61 Å². The molecule has 0 saturated carbocycles. The van der Waals surface area contributed by atoms with E-state index >= 15 is 0 Å². The van der Waals surface area contributed by atoms with Crippen LogP contribution in [0.2, 0.25) is 0 Å². The summed E-state index contributed by atoms with van der Waals surface area (Å²) in [5.41, 5.74) is 1.11. The Kier molecular flexibility index (Phi) is 3.80. The molecule has 0 unspecified atom stereocenters. The van der Waals surface area contributed by atoms with Crippen LogP contribution in [-0.4, -0.2) is 34.6 Å². The fourth-order valence-corrected chi connectivity index (χ4v) is 2.46. The van der Waals surface area contributed by atoms with Crippen molar-refractivity contribution >= 4 is 18.0 Å². The highest BCUT2D eigenvalue weighted by atomic mass is 16.6. The molecule has 1 fully saturated rings. The molecular weight excluding hydrogens is 298 g/mol. The van der Waals surface area contributed by atoms with Crippen LogP contribution in [-0.2, 0) is 4.74 Å². The third-order valence-electron chi connectivity index (χ3n) is 3.65. The second-order valence-electron chi connectivity index (χ2n) is 5.06. The van der Waals surface area contributed by atoms with E-state index < -0.39 is 24.0 Å². The molecule has 0 radical (unpaired) electrons. The first-order valence-corrected chi connectivity index (χ1v) is 6.96. The summed E-state index contributed by atoms with van der Waals surface area (Å²) in [6, 6.07) is 14.1. The van der Waals surface area contributed by atoms with Crippen LogP contribution in [0.1, 0.15) is 32.3 Å². The third-order valence-corrected chi connectivity index (χ3v) is 3.65. The SMILES string of the molecule is O=C(O)c1ccc(C(=O)N2C(=O)OC[C@@H]2c2ccccc2)cc1. The van der Waals surface area contributed by atoms with Crippen molar-refractivity contribution in [3.05, 3.63) is 71.3 Å². The first kappa shape index (κ1) is 14.8. The minimum atomic E-state index is -1.08. The molecular formula is C17H13NO5. The Bertz CT molecular complexity index is 754. The van der Waals surface area contributed by atoms with Crippen LogP contribution in [0, 0.1) is 0 Å². The van der Waals surface area contributed by atoms with Gasteiger partial charge >= 0.3 is 12.1 Å². The molecule has 3 rings (SSSR count). The second-order valence-corrected chi connectivity index (χ2v) is 5.06. The van der Waals surface area contributed by atoms with Gasteiger partial charge in [-0.15, -0.1) is 0 Å². The van der Waals surface area contributed by atoms with Crippen LogP contribution in [0.15, 0.2) is 54.6 Å². The van der Waals surface area contributed by atoms with E-state index in [4.69, 9.17) is 9.84 Å². The van der Waals surface area contributed by atoms with E-state index in [1.807, 2.05) is 30.3 Å². The fourth-order valence-electron chi connectivity index (χ4n) is 2.46. The molecule has 2 amide bonds. The van der Waals surface area contributed by atoms with Crippen LogP contribution in [0.5, 0.6) is 0 Å². The summed E-state index contributed by atoms with van der Waals surface area (Å²) < 4.78 is 5.01. The normalized spacial score (nSPS) is 17.0. The van der Waals surface area contributed by atoms with Crippen molar-refractivity contribution in [3.8, 4) is 0 Å². The third kappa shape index (κ3) is 2.78. The van der Waals surface area contributed by atoms with Gasteiger partial charge in [0.05, 0.1) is 5.56 Å². The number of imide groups is 1. The maximum Gasteiger partial charge on any atom is 0.417 e. The Morgan fingerprint density at radius 2 is 1.61 bits per heavy atom. The van der Waals surface area contributed by atoms with Crippen LogP contribution >= 0.6 is 0 Å². The number of aromatic carboxylic acids is 1. The van der Waals surface area contributed by atoms with Gasteiger partial charge in [-0.1, -0.05) is 30.3 Å². The zero-order chi connectivity index (χ0) is 16.4. The van der Waals surface area contributed by atoms with E-state index in [-0.39, 0.29) is 17.7 Å². The van der Waals surface area contributed by atoms with E-state index in [9.17, 15) is 14.4 Å². The molecule has 6 nitrogen and oxygen atoms in total. The number of carbonyl (C=O) groups is 3. The molecule has 1 aliphatic rings. The molecule has 6 heteroatoms. The number of hydrogen-bond donors (Lipinski definition) is 1. The first-order chi connectivity index (χ1) is 11.1. The lowest BCUT2D eigenvalue weighted by Crippen LogP contribution is -2.34. The van der Waals surface area contributed by atoms with Gasteiger partial charge in [0.25, 0.3) is 5.91 Å². The smallest absolute Gasteiger partial charge is 0.417 e. The Balaban J connectivity index is 1.90. The number of carboxylic acid groups (broad SMARTS) is 1. The van der Waals surface area contributed by atoms with Crippen molar-refractivity contribution in [1.29, 1.82) is 0 Å². The quantitative estimate of drug-likeness (QED) is 0.942. The van der Waals surface area contributed by atoms with E-state index in [0.717, 1.165) is 10.5 Å². The number of rotatable bonds is 3. The summed E-state index contributed by atoms with van der Waals surface area (Å²) in [6.45, 7) is 0.0990. The largest absolute Gasteiger partial charge is 0.478 e. The highest BCUT2D eigenvalue weighted by molar-refractivity contribution is 6.04. The number of carboxylic acids is 1. The molecule has 2 aromatic carbocycles. The van der Waals surface area contributed by atoms with Gasteiger partial charge in [0.1, 0.15) is 12.6 Å². The number of ether oxygens (including phenoxy) is 1. The molecule has 0 bridgehead atoms. The van der Waals surface area contributed by atoms with Gasteiger partial charge < -0.3 is 9.84 Å². The standard InChI is InChI=1S/C17H13NO5/c19-15(12-6-8-13(9-7-12)16(20)21)18-14(10-23-17(18)22)11-4-2-1-3-5-11/h1-9,14H,10H2,(H,20,21)/t14-/m1/s1. The number of benzene rings is 2. The zero-order valence-electron chi connectivity index (χ0n) is 12.0. The van der Waals surface area contributed by atoms with Crippen molar-refractivity contribution in [2.45, 2.75) is 6.04 Å². The van der Waals surface area contributed by atoms with E-state index in [2.05, 4.69) is 0 Å². The monoisotopic (exact) mass is 311 g/mol. The average molecular weight is 311 g/mol. The molecule has 0 spiro atoms. The van der Waals surface area contributed by atoms with Crippen LogP contribution < -0.4 is 0 Å². The van der Waals surface area contributed by atoms with Crippen molar-refractivity contribution < 1.29 is 24.2 Å². The Hall–Kier alpha value is -3.15. The van der Waals surface area contributed by atoms with Gasteiger partial charge in [-0.05, 0) is 29.8 Å². The number of hydrogen-bond acceptors (Lipinski definition) is 4. The molecule has 1 N–H and O–H groups in total. The minimum absolute atomic E-state index is 0.0742. The Morgan fingerprint density at radius 3 is 2.22 bits per heavy atom. The topological polar surface area (TPSA) is 83.9 Å². The lowest BCUT2D eigenvalue weighted by molar-refractivity contribution is 0.0693. The van der Waals surface area contributed by atoms with Gasteiger partial charge in [0, 0.05) is 5.56 Å². The average Bonchev–Trinajstić information content (AvgIpc) is 2.96. The Morgan fingerprint density at radius 1 is 1.00 bits per heavy atom. The van der Waals surface area contributed by atoms with Gasteiger partial charge in [-0.2, -0.15) is 0 Å². The zero-order valence-corrected chi connectivity index (χ0v) is 12.0. The number of cyclic esters (lactones) is 1. The molecule has 1 heterocycles. The number of nitrogens with zero attached hydrogens (tertiary/aromatic N) is 1. The second kappa shape index (κ2) is 5.92. The lowest BCUT2D eigenvalue weighted by Gasteiger charge is -2.20. The van der Waals surface area contributed by atoms with E-state index in [1.165, 1.54) is 24.3 Å². The molecule has 1 saturated heterocycles. The predicted octanol–water partition coefficient (Wildman–Crippen LogP) is 2.72. The summed E-state index contributed by atoms with van der Waals surface area (Å²) in [6.07, 6.45) is -0.703. The molecule has 2 aromatic rings. The van der Waals surface area contributed by atoms with Crippen molar-refractivity contribution in [2.24, 2.45) is 0 Å². The van der Waals surface area contributed by atoms with Gasteiger partial charge in [0.2, 0.25) is 0 Å². The summed E-state index contributed by atoms with van der Waals surface area (Å²) >= 11 is 0. The van der Waals surface area contributed by atoms with Gasteiger partial charge in [0.15, 0.2) is 0 Å². The summed E-state index contributed by atoms with van der Waals surface area (Å²) in [4.78, 5) is 36.5. The predicted molar refractivity (Wildman–Crippen MR) is 80.1 cm³/mol. The van der Waals surface area contributed by atoms with Gasteiger partial charge in [-0.3, -0.25) is 4.79 Å². The summed E-state index contributed by atoms with van der Waals surface area (Å²) in [7, 11) is 0. The van der Waals surface area contributed by atoms with Crippen molar-refractivity contribution in [3.63, 3.8) is 0 Å². The summed E-state index contributed by atoms with van der Waals surface area (Å²) in [5, 5.41) is 8.89. The highest BCUT2D eigenvalue weighted by Crippen LogP contribution is 2.29. The number of amides is 2. The molecule has 116 valence electrons. The number of carbonyl (C=O) groups excluding carboxylic acids is 2. The fraction of sp³-hybridized carbons (Fsp3) is 0.118. The van der Waals surface area contributed by atoms with Crippen molar-refractivity contribution in [1.82, 2.24) is 4.90 Å². The molecule has 23 heavy (non-hydrogen) atoms. The van der Waals surface area contributed by atoms with E-state index in [0.29, 0.717) is 0 Å². The summed E-state index contributed by atoms with van der Waals surface area (Å²) in [5.74, 6) is -1.59. The van der Waals surface area contributed by atoms with Crippen LogP contribution in [0.3, 0.4) is 0 Å². The maximum atomic E-state index is 12.6. The Labute approximate surface area is 131 Å². The van der Waals surface area contributed by atoms with Crippen LogP contribution in [0.25, 0.3) is 0 Å². The highest BCUT2D eigenvalue weighted by Gasteiger charge is 2.39. The first-order valence-electron chi connectivity index (χ1n) is 6.96. The molecule has 1 aliphatic heterocycles. The molecule has 1 atom stereocenters. The van der Waals surface area contributed by atoms with Gasteiger partial charge in [-0.25, -0.2) is 14.5 Å². The molecule has 0 aliphatic carbocycles. The van der Waals surface area contributed by atoms with E-state index in [1.54, 1.807) is 0 Å².